The second kappa shape index (κ2) is 6.51. The summed E-state index contributed by atoms with van der Waals surface area (Å²) in [5, 5.41) is 23.1. The minimum absolute atomic E-state index is 0.0784. The van der Waals surface area contributed by atoms with E-state index in [2.05, 4.69) is 26.2 Å². The number of pyridine rings is 1. The fourth-order valence-corrected chi connectivity index (χ4v) is 1.77. The molecule has 94 valence electrons. The van der Waals surface area contributed by atoms with Crippen LogP contribution in [0.5, 0.6) is 0 Å². The number of halogens is 1. The second-order valence-electron chi connectivity index (χ2n) is 3.55. The third kappa shape index (κ3) is 3.94. The molecule has 7 heteroatoms. The highest BCUT2D eigenvalue weighted by molar-refractivity contribution is 9.10. The van der Waals surface area contributed by atoms with Crippen molar-refractivity contribution in [3.63, 3.8) is 0 Å². The maximum Gasteiger partial charge on any atom is 0.311 e. The molecule has 6 nitrogen and oxygen atoms in total. The lowest BCUT2D eigenvalue weighted by Crippen LogP contribution is -2.13. The van der Waals surface area contributed by atoms with Gasteiger partial charge in [0, 0.05) is 12.7 Å². The average molecular weight is 304 g/mol. The van der Waals surface area contributed by atoms with E-state index in [9.17, 15) is 15.2 Å². The molecule has 0 bridgehead atoms. The molecular weight excluding hydrogens is 290 g/mol. The van der Waals surface area contributed by atoms with Crippen molar-refractivity contribution in [2.45, 2.75) is 25.9 Å². The van der Waals surface area contributed by atoms with Crippen LogP contribution in [0.1, 0.15) is 19.8 Å². The van der Waals surface area contributed by atoms with E-state index in [1.807, 2.05) is 6.92 Å². The molecule has 0 aliphatic heterocycles. The van der Waals surface area contributed by atoms with Gasteiger partial charge in [-0.05, 0) is 28.8 Å². The quantitative estimate of drug-likeness (QED) is 0.622. The number of nitrogens with zero attached hydrogens (tertiary/aromatic N) is 2. The predicted octanol–water partition coefficient (Wildman–Crippen LogP) is 2.33. The van der Waals surface area contributed by atoms with E-state index in [-0.39, 0.29) is 11.8 Å². The summed E-state index contributed by atoms with van der Waals surface area (Å²) in [6, 6.07) is 0. The summed E-state index contributed by atoms with van der Waals surface area (Å²) in [6.07, 6.45) is 3.51. The van der Waals surface area contributed by atoms with E-state index in [1.165, 1.54) is 12.4 Å². The molecule has 17 heavy (non-hydrogen) atoms. The normalized spacial score (nSPS) is 12.2. The molecule has 0 fully saturated rings. The summed E-state index contributed by atoms with van der Waals surface area (Å²) in [5.41, 5.74) is 0.318. The Hall–Kier alpha value is -1.21. The SMILES string of the molecule is CCC(O)CCNc1c(Br)cncc1[N+](=O)[O-]. The highest BCUT2D eigenvalue weighted by atomic mass is 79.9. The number of aromatic nitrogens is 1. The maximum absolute atomic E-state index is 10.8. The molecule has 0 spiro atoms. The van der Waals surface area contributed by atoms with Crippen molar-refractivity contribution in [2.75, 3.05) is 11.9 Å². The van der Waals surface area contributed by atoms with Gasteiger partial charge in [-0.3, -0.25) is 15.1 Å². The lowest BCUT2D eigenvalue weighted by Gasteiger charge is -2.11. The maximum atomic E-state index is 10.8. The Morgan fingerprint density at radius 2 is 2.35 bits per heavy atom. The fraction of sp³-hybridized carbons (Fsp3) is 0.500. The number of nitro groups is 1. The topological polar surface area (TPSA) is 88.3 Å². The van der Waals surface area contributed by atoms with Gasteiger partial charge in [0.15, 0.2) is 0 Å². The van der Waals surface area contributed by atoms with Crippen LogP contribution in [0.4, 0.5) is 11.4 Å². The molecule has 0 aromatic carbocycles. The minimum Gasteiger partial charge on any atom is -0.393 e. The Kier molecular flexibility index (Phi) is 5.30. The van der Waals surface area contributed by atoms with Gasteiger partial charge < -0.3 is 10.4 Å². The van der Waals surface area contributed by atoms with Crippen LogP contribution in [0.25, 0.3) is 0 Å². The molecule has 0 saturated carbocycles. The first-order chi connectivity index (χ1) is 8.06. The highest BCUT2D eigenvalue weighted by Gasteiger charge is 2.16. The van der Waals surface area contributed by atoms with Crippen LogP contribution in [0.15, 0.2) is 16.9 Å². The molecule has 1 aromatic heterocycles. The van der Waals surface area contributed by atoms with E-state index in [1.54, 1.807) is 0 Å². The number of nitrogens with one attached hydrogen (secondary N) is 1. The van der Waals surface area contributed by atoms with Gasteiger partial charge in [0.2, 0.25) is 0 Å². The Bertz CT molecular complexity index is 400. The van der Waals surface area contributed by atoms with Gasteiger partial charge in [-0.1, -0.05) is 6.92 Å². The number of anilines is 1. The first kappa shape index (κ1) is 13.9. The summed E-state index contributed by atoms with van der Waals surface area (Å²) < 4.78 is 0.540. The second-order valence-corrected chi connectivity index (χ2v) is 4.40. The Labute approximate surface area is 107 Å². The number of aliphatic hydroxyl groups excluding tert-OH is 1. The van der Waals surface area contributed by atoms with Gasteiger partial charge in [0.25, 0.3) is 0 Å². The largest absolute Gasteiger partial charge is 0.393 e. The molecular formula is C10H14BrN3O3. The van der Waals surface area contributed by atoms with Gasteiger partial charge in [-0.15, -0.1) is 0 Å². The molecule has 0 amide bonds. The predicted molar refractivity (Wildman–Crippen MR) is 68.0 cm³/mol. The zero-order chi connectivity index (χ0) is 12.8. The first-order valence-electron chi connectivity index (χ1n) is 5.26. The number of hydrogen-bond donors (Lipinski definition) is 2. The van der Waals surface area contributed by atoms with Gasteiger partial charge >= 0.3 is 5.69 Å². The lowest BCUT2D eigenvalue weighted by molar-refractivity contribution is -0.384. The van der Waals surface area contributed by atoms with Crippen molar-refractivity contribution in [2.24, 2.45) is 0 Å². The molecule has 1 aromatic rings. The van der Waals surface area contributed by atoms with Crippen molar-refractivity contribution in [1.29, 1.82) is 0 Å². The van der Waals surface area contributed by atoms with E-state index >= 15 is 0 Å². The third-order valence-corrected chi connectivity index (χ3v) is 2.93. The van der Waals surface area contributed by atoms with Gasteiger partial charge in [-0.25, -0.2) is 0 Å². The standard InChI is InChI=1S/C10H14BrN3O3/c1-2-7(15)3-4-13-10-8(11)5-12-6-9(10)14(16)17/h5-7,15H,2-4H2,1H3,(H,12,13). The number of aliphatic hydroxyl groups is 1. The van der Waals surface area contributed by atoms with Crippen LogP contribution in [0, 0.1) is 10.1 Å². The molecule has 1 rings (SSSR count). The highest BCUT2D eigenvalue weighted by Crippen LogP contribution is 2.30. The van der Waals surface area contributed by atoms with E-state index in [4.69, 9.17) is 0 Å². The van der Waals surface area contributed by atoms with Crippen LogP contribution >= 0.6 is 15.9 Å². The van der Waals surface area contributed by atoms with Gasteiger partial charge in [-0.2, -0.15) is 0 Å². The van der Waals surface area contributed by atoms with Gasteiger partial charge in [0.05, 0.1) is 15.5 Å². The minimum atomic E-state index is -0.490. The summed E-state index contributed by atoms with van der Waals surface area (Å²) >= 11 is 3.21. The summed E-state index contributed by atoms with van der Waals surface area (Å²) in [6.45, 7) is 2.36. The third-order valence-electron chi connectivity index (χ3n) is 2.33. The van der Waals surface area contributed by atoms with Crippen molar-refractivity contribution >= 4 is 27.3 Å². The molecule has 1 unspecified atom stereocenters. The molecule has 0 saturated heterocycles. The average Bonchev–Trinajstić information content (AvgIpc) is 2.30. The summed E-state index contributed by atoms with van der Waals surface area (Å²) in [7, 11) is 0. The van der Waals surface area contributed by atoms with Crippen molar-refractivity contribution in [3.8, 4) is 0 Å². The van der Waals surface area contributed by atoms with Crippen LogP contribution in [0.2, 0.25) is 0 Å². The Morgan fingerprint density at radius 3 is 2.94 bits per heavy atom. The van der Waals surface area contributed by atoms with Crippen molar-refractivity contribution < 1.29 is 10.0 Å². The van der Waals surface area contributed by atoms with Crippen LogP contribution < -0.4 is 5.32 Å². The van der Waals surface area contributed by atoms with Crippen molar-refractivity contribution in [3.05, 3.63) is 27.0 Å². The van der Waals surface area contributed by atoms with Crippen LogP contribution in [-0.4, -0.2) is 27.7 Å². The summed E-state index contributed by atoms with van der Waals surface area (Å²) in [4.78, 5) is 14.0. The molecule has 2 N–H and O–H groups in total. The zero-order valence-corrected chi connectivity index (χ0v) is 11.0. The Balaban J connectivity index is 2.72. The lowest BCUT2D eigenvalue weighted by atomic mass is 10.2. The first-order valence-corrected chi connectivity index (χ1v) is 6.05. The van der Waals surface area contributed by atoms with Gasteiger partial charge in [0.1, 0.15) is 11.9 Å². The fourth-order valence-electron chi connectivity index (χ4n) is 1.31. The Morgan fingerprint density at radius 1 is 1.65 bits per heavy atom. The number of hydrogen-bond acceptors (Lipinski definition) is 5. The molecule has 0 aliphatic carbocycles. The molecule has 0 aliphatic rings. The molecule has 1 heterocycles. The monoisotopic (exact) mass is 303 g/mol. The van der Waals surface area contributed by atoms with Crippen LogP contribution in [0.3, 0.4) is 0 Å². The van der Waals surface area contributed by atoms with E-state index < -0.39 is 4.92 Å². The molecule has 0 radical (unpaired) electrons. The van der Waals surface area contributed by atoms with E-state index in [0.717, 1.165) is 0 Å². The molecule has 1 atom stereocenters. The van der Waals surface area contributed by atoms with Crippen LogP contribution in [-0.2, 0) is 0 Å². The summed E-state index contributed by atoms with van der Waals surface area (Å²) in [5.74, 6) is 0. The number of rotatable bonds is 6. The van der Waals surface area contributed by atoms with E-state index in [0.29, 0.717) is 29.5 Å². The zero-order valence-electron chi connectivity index (χ0n) is 9.39. The smallest absolute Gasteiger partial charge is 0.311 e. The van der Waals surface area contributed by atoms with Crippen molar-refractivity contribution in [1.82, 2.24) is 4.98 Å².